The Kier molecular flexibility index (Phi) is 4.35. The van der Waals surface area contributed by atoms with Crippen LogP contribution < -0.4 is 16.6 Å². The molecule has 24 heavy (non-hydrogen) atoms. The van der Waals surface area contributed by atoms with Crippen LogP contribution in [0.3, 0.4) is 0 Å². The van der Waals surface area contributed by atoms with Crippen LogP contribution >= 0.6 is 0 Å². The van der Waals surface area contributed by atoms with E-state index in [0.29, 0.717) is 6.42 Å². The summed E-state index contributed by atoms with van der Waals surface area (Å²) in [6.45, 7) is 3.28. The summed E-state index contributed by atoms with van der Waals surface area (Å²) in [4.78, 5) is 34.7. The molecule has 3 heterocycles. The van der Waals surface area contributed by atoms with Gasteiger partial charge < -0.3 is 15.6 Å². The number of H-pyrrole nitrogens is 1. The molecule has 3 atom stereocenters. The molecule has 0 radical (unpaired) electrons. The second-order valence-electron chi connectivity index (χ2n) is 6.09. The molecule has 0 aliphatic carbocycles. The second-order valence-corrected chi connectivity index (χ2v) is 6.09. The number of imidazole rings is 1. The Hall–Kier alpha value is -2.30. The van der Waals surface area contributed by atoms with Crippen molar-refractivity contribution in [3.63, 3.8) is 0 Å². The average molecular weight is 336 g/mol. The van der Waals surface area contributed by atoms with Crippen molar-refractivity contribution >= 4 is 23.0 Å². The number of nitrogens with two attached hydrogens (primary N) is 1. The fraction of sp³-hybridized carbons (Fsp3) is 0.571. The molecule has 2 unspecified atom stereocenters. The Labute approximate surface area is 137 Å². The minimum atomic E-state index is -0.481. The number of aliphatic hydroxyl groups is 1. The van der Waals surface area contributed by atoms with E-state index in [9.17, 15) is 14.7 Å². The summed E-state index contributed by atoms with van der Waals surface area (Å²) < 4.78 is 7.27. The van der Waals surface area contributed by atoms with Gasteiger partial charge in [0.1, 0.15) is 6.23 Å². The Balaban J connectivity index is 1.97. The standard InChI is InChI=1S/C14H20N6O4/c1-6(2)12(22)18-14-17-11-10(13(23)19-14)16-5-20(11)9-3-7(15)8(4-21)24-9/h5-9,21H,3-4,15H2,1-2H3,(H2,17,18,19,22,23)/t7-,8?,9?/m0/s1. The monoisotopic (exact) mass is 336 g/mol. The number of hydrogen-bond donors (Lipinski definition) is 4. The molecule has 1 saturated heterocycles. The van der Waals surface area contributed by atoms with E-state index in [4.69, 9.17) is 10.5 Å². The molecule has 10 nitrogen and oxygen atoms in total. The van der Waals surface area contributed by atoms with E-state index >= 15 is 0 Å². The Morgan fingerprint density at radius 1 is 1.62 bits per heavy atom. The van der Waals surface area contributed by atoms with Crippen LogP contribution in [-0.2, 0) is 9.53 Å². The molecule has 1 aliphatic rings. The summed E-state index contributed by atoms with van der Waals surface area (Å²) in [6.07, 6.45) is 0.941. The molecule has 10 heteroatoms. The zero-order valence-corrected chi connectivity index (χ0v) is 13.4. The number of amides is 1. The number of carbonyl (C=O) groups excluding carboxylic acids is 1. The topological polar surface area (TPSA) is 148 Å². The van der Waals surface area contributed by atoms with E-state index in [2.05, 4.69) is 20.3 Å². The van der Waals surface area contributed by atoms with Crippen LogP contribution in [0.15, 0.2) is 11.1 Å². The highest BCUT2D eigenvalue weighted by molar-refractivity contribution is 5.91. The summed E-state index contributed by atoms with van der Waals surface area (Å²) in [5, 5.41) is 11.8. The highest BCUT2D eigenvalue weighted by Crippen LogP contribution is 2.29. The van der Waals surface area contributed by atoms with Crippen LogP contribution in [0.4, 0.5) is 5.95 Å². The van der Waals surface area contributed by atoms with Gasteiger partial charge in [-0.2, -0.15) is 4.98 Å². The third kappa shape index (κ3) is 2.90. The maximum Gasteiger partial charge on any atom is 0.280 e. The summed E-state index contributed by atoms with van der Waals surface area (Å²) in [6, 6.07) is -0.320. The van der Waals surface area contributed by atoms with E-state index in [-0.39, 0.29) is 41.6 Å². The maximum absolute atomic E-state index is 12.1. The number of fused-ring (bicyclic) bond motifs is 1. The molecule has 1 aliphatic heterocycles. The third-order valence-corrected chi connectivity index (χ3v) is 3.97. The number of aliphatic hydroxyl groups excluding tert-OH is 1. The Morgan fingerprint density at radius 2 is 2.38 bits per heavy atom. The van der Waals surface area contributed by atoms with E-state index in [0.717, 1.165) is 0 Å². The smallest absolute Gasteiger partial charge is 0.280 e. The number of hydrogen-bond acceptors (Lipinski definition) is 7. The van der Waals surface area contributed by atoms with E-state index in [1.165, 1.54) is 6.33 Å². The lowest BCUT2D eigenvalue weighted by molar-refractivity contribution is -0.118. The number of aromatic amines is 1. The molecule has 1 amide bonds. The van der Waals surface area contributed by atoms with E-state index in [1.54, 1.807) is 18.4 Å². The molecule has 0 saturated carbocycles. The lowest BCUT2D eigenvalue weighted by Crippen LogP contribution is -2.32. The summed E-state index contributed by atoms with van der Waals surface area (Å²) in [5.74, 6) is -0.464. The zero-order valence-electron chi connectivity index (χ0n) is 13.4. The normalized spacial score (nSPS) is 24.0. The quantitative estimate of drug-likeness (QED) is 0.578. The Morgan fingerprint density at radius 3 is 3.00 bits per heavy atom. The van der Waals surface area contributed by atoms with Crippen LogP contribution in [0, 0.1) is 5.92 Å². The molecule has 5 N–H and O–H groups in total. The van der Waals surface area contributed by atoms with Crippen molar-refractivity contribution in [1.82, 2.24) is 19.5 Å². The van der Waals surface area contributed by atoms with Crippen molar-refractivity contribution in [3.05, 3.63) is 16.7 Å². The van der Waals surface area contributed by atoms with Crippen LogP contribution in [0.1, 0.15) is 26.5 Å². The Bertz CT molecular complexity index is 813. The lowest BCUT2D eigenvalue weighted by Gasteiger charge is -2.14. The van der Waals surface area contributed by atoms with Gasteiger partial charge in [-0.05, 0) is 0 Å². The molecule has 0 bridgehead atoms. The molecule has 2 aromatic rings. The van der Waals surface area contributed by atoms with Crippen molar-refractivity contribution in [1.29, 1.82) is 0 Å². The van der Waals surface area contributed by atoms with Gasteiger partial charge in [-0.15, -0.1) is 0 Å². The zero-order chi connectivity index (χ0) is 17.4. The molecule has 0 spiro atoms. The first kappa shape index (κ1) is 16.6. The number of ether oxygens (including phenoxy) is 1. The number of carbonyl (C=O) groups is 1. The molecular weight excluding hydrogens is 316 g/mol. The lowest BCUT2D eigenvalue weighted by atomic mass is 10.1. The van der Waals surface area contributed by atoms with E-state index < -0.39 is 17.9 Å². The first-order valence-electron chi connectivity index (χ1n) is 7.70. The van der Waals surface area contributed by atoms with Crippen LogP contribution in [0.2, 0.25) is 0 Å². The summed E-state index contributed by atoms with van der Waals surface area (Å²) >= 11 is 0. The molecule has 1 fully saturated rings. The molecule has 130 valence electrons. The minimum Gasteiger partial charge on any atom is -0.394 e. The number of nitrogens with zero attached hydrogens (tertiary/aromatic N) is 3. The van der Waals surface area contributed by atoms with Crippen molar-refractivity contribution in [3.8, 4) is 0 Å². The second kappa shape index (κ2) is 6.30. The SMILES string of the molecule is CC(C)C(=O)Nc1nc2c(ncn2C2C[C@H](N)C(CO)O2)c(=O)[nH]1. The van der Waals surface area contributed by atoms with Gasteiger partial charge in [0.05, 0.1) is 19.0 Å². The molecule has 3 rings (SSSR count). The summed E-state index contributed by atoms with van der Waals surface area (Å²) in [5.41, 5.74) is 5.89. The maximum atomic E-state index is 12.1. The average Bonchev–Trinajstić information content (AvgIpc) is 3.10. The van der Waals surface area contributed by atoms with E-state index in [1.807, 2.05) is 0 Å². The van der Waals surface area contributed by atoms with Crippen molar-refractivity contribution in [2.45, 2.75) is 38.6 Å². The molecular formula is C14H20N6O4. The first-order valence-corrected chi connectivity index (χ1v) is 7.70. The van der Waals surface area contributed by atoms with Crippen molar-refractivity contribution in [2.24, 2.45) is 11.7 Å². The third-order valence-electron chi connectivity index (χ3n) is 3.97. The number of aromatic nitrogens is 4. The summed E-state index contributed by atoms with van der Waals surface area (Å²) in [7, 11) is 0. The van der Waals surface area contributed by atoms with Gasteiger partial charge in [0.2, 0.25) is 11.9 Å². The van der Waals surface area contributed by atoms with Gasteiger partial charge in [-0.3, -0.25) is 24.5 Å². The molecule has 0 aromatic carbocycles. The first-order chi connectivity index (χ1) is 11.4. The number of rotatable bonds is 4. The van der Waals surface area contributed by atoms with Crippen LogP contribution in [-0.4, -0.2) is 49.3 Å². The van der Waals surface area contributed by atoms with Gasteiger partial charge in [-0.25, -0.2) is 4.98 Å². The van der Waals surface area contributed by atoms with Gasteiger partial charge in [0.25, 0.3) is 5.56 Å². The highest BCUT2D eigenvalue weighted by Gasteiger charge is 2.34. The predicted octanol–water partition coefficient (Wildman–Crippen LogP) is -0.679. The van der Waals surface area contributed by atoms with Gasteiger partial charge >= 0.3 is 0 Å². The van der Waals surface area contributed by atoms with Gasteiger partial charge in [0, 0.05) is 18.4 Å². The highest BCUT2D eigenvalue weighted by atomic mass is 16.5. The largest absolute Gasteiger partial charge is 0.394 e. The number of nitrogens with one attached hydrogen (secondary N) is 2. The molecule has 2 aromatic heterocycles. The van der Waals surface area contributed by atoms with Crippen LogP contribution in [0.25, 0.3) is 11.2 Å². The van der Waals surface area contributed by atoms with Crippen molar-refractivity contribution < 1.29 is 14.6 Å². The van der Waals surface area contributed by atoms with Crippen molar-refractivity contribution in [2.75, 3.05) is 11.9 Å². The van der Waals surface area contributed by atoms with Gasteiger partial charge in [-0.1, -0.05) is 13.8 Å². The minimum absolute atomic E-state index is 0.0500. The fourth-order valence-corrected chi connectivity index (χ4v) is 2.56. The van der Waals surface area contributed by atoms with Crippen LogP contribution in [0.5, 0.6) is 0 Å². The number of anilines is 1. The fourth-order valence-electron chi connectivity index (χ4n) is 2.56. The predicted molar refractivity (Wildman–Crippen MR) is 85.2 cm³/mol. The van der Waals surface area contributed by atoms with Gasteiger partial charge in [0.15, 0.2) is 11.2 Å².